The Kier molecular flexibility index (Phi) is 21.3. The van der Waals surface area contributed by atoms with Crippen molar-refractivity contribution >= 4 is 35.7 Å². The number of hydrogen-bond acceptors (Lipinski definition) is 4. The van der Waals surface area contributed by atoms with Crippen molar-refractivity contribution in [3.63, 3.8) is 0 Å². The van der Waals surface area contributed by atoms with E-state index in [4.69, 9.17) is 21.5 Å². The van der Waals surface area contributed by atoms with E-state index >= 15 is 0 Å². The van der Waals surface area contributed by atoms with Crippen molar-refractivity contribution in [2.45, 2.75) is 72.5 Å². The number of hydrogen-bond donors (Lipinski definition) is 1. The van der Waals surface area contributed by atoms with E-state index in [1.54, 1.807) is 0 Å². The molecule has 5 heteroatoms. The lowest BCUT2D eigenvalue weighted by molar-refractivity contribution is -0.0979. The maximum absolute atomic E-state index is 8.00. The molecule has 3 nitrogen and oxygen atoms in total. The van der Waals surface area contributed by atoms with E-state index in [2.05, 4.69) is 76.8 Å². The van der Waals surface area contributed by atoms with Crippen LogP contribution in [0.2, 0.25) is 5.02 Å². The minimum absolute atomic E-state index is 0.422. The van der Waals surface area contributed by atoms with Crippen LogP contribution in [-0.2, 0) is 4.79 Å². The molecule has 0 spiro atoms. The van der Waals surface area contributed by atoms with E-state index in [0.29, 0.717) is 5.25 Å². The van der Waals surface area contributed by atoms with Crippen molar-refractivity contribution in [3.8, 4) is 0 Å². The third-order valence-electron chi connectivity index (χ3n) is 4.81. The van der Waals surface area contributed by atoms with Gasteiger partial charge in [-0.05, 0) is 68.2 Å². The number of carbonyl (C=O) groups is 1. The number of benzene rings is 1. The van der Waals surface area contributed by atoms with Gasteiger partial charge in [0.05, 0.1) is 0 Å². The molecule has 1 N–H and O–H groups in total. The van der Waals surface area contributed by atoms with Gasteiger partial charge in [0, 0.05) is 36.2 Å². The molecule has 0 saturated carbocycles. The molecule has 0 bridgehead atoms. The third kappa shape index (κ3) is 11.8. The molecule has 0 aromatic heterocycles. The Bertz CT molecular complexity index is 638. The average molecular weight is 470 g/mol. The molecule has 0 amide bonds. The van der Waals surface area contributed by atoms with Crippen LogP contribution in [0.1, 0.15) is 71.4 Å². The van der Waals surface area contributed by atoms with Gasteiger partial charge in [-0.15, -0.1) is 0 Å². The van der Waals surface area contributed by atoms with E-state index in [1.165, 1.54) is 42.5 Å². The molecule has 1 rings (SSSR count). The summed E-state index contributed by atoms with van der Waals surface area (Å²) in [6.07, 6.45) is 9.37. The number of rotatable bonds is 12. The van der Waals surface area contributed by atoms with Crippen molar-refractivity contribution in [1.29, 1.82) is 0 Å². The van der Waals surface area contributed by atoms with Crippen LogP contribution in [0.4, 0.5) is 0 Å². The first-order valence-corrected chi connectivity index (χ1v) is 12.7. The first kappa shape index (κ1) is 32.0. The van der Waals surface area contributed by atoms with Gasteiger partial charge in [0.25, 0.3) is 0 Å². The lowest BCUT2D eigenvalue weighted by atomic mass is 9.98. The number of aliphatic hydroxyl groups is 1. The van der Waals surface area contributed by atoms with Crippen molar-refractivity contribution in [2.75, 3.05) is 26.0 Å². The Balaban J connectivity index is 0. The molecule has 1 aromatic rings. The highest BCUT2D eigenvalue weighted by Gasteiger charge is 2.20. The number of unbranched alkanes of at least 4 members (excludes halogenated alkanes) is 2. The van der Waals surface area contributed by atoms with Crippen LogP contribution in [0.5, 0.6) is 0 Å². The fraction of sp³-hybridized carbons (Fsp3) is 0.577. The monoisotopic (exact) mass is 469 g/mol. The smallest absolute Gasteiger partial charge is 0.106 e. The summed E-state index contributed by atoms with van der Waals surface area (Å²) in [5.41, 5.74) is 5.17. The maximum atomic E-state index is 8.00. The van der Waals surface area contributed by atoms with E-state index in [1.807, 2.05) is 18.6 Å². The van der Waals surface area contributed by atoms with Gasteiger partial charge in [0.15, 0.2) is 0 Å². The lowest BCUT2D eigenvalue weighted by Crippen LogP contribution is -2.27. The van der Waals surface area contributed by atoms with Crippen molar-refractivity contribution in [1.82, 2.24) is 4.90 Å². The fourth-order valence-electron chi connectivity index (χ4n) is 3.26. The molecular weight excluding hydrogens is 426 g/mol. The SMILES string of the molecule is C/C=C\C(=C(\c1ccc(C)c(Cl)c1)C(C)SCC)N(CCCC)CCCC.C=O.CO. The van der Waals surface area contributed by atoms with Crippen LogP contribution >= 0.6 is 23.4 Å². The molecule has 1 atom stereocenters. The highest BCUT2D eigenvalue weighted by atomic mass is 35.5. The van der Waals surface area contributed by atoms with E-state index < -0.39 is 0 Å². The zero-order valence-electron chi connectivity index (χ0n) is 20.7. The number of thioether (sulfide) groups is 1. The van der Waals surface area contributed by atoms with Gasteiger partial charge < -0.3 is 14.8 Å². The van der Waals surface area contributed by atoms with Crippen molar-refractivity contribution in [3.05, 3.63) is 52.2 Å². The highest BCUT2D eigenvalue weighted by Crippen LogP contribution is 2.34. The molecular formula is C26H44ClNO2S. The van der Waals surface area contributed by atoms with Gasteiger partial charge in [0.1, 0.15) is 6.79 Å². The van der Waals surface area contributed by atoms with E-state index in [-0.39, 0.29) is 0 Å². The predicted molar refractivity (Wildman–Crippen MR) is 142 cm³/mol. The Labute approximate surface area is 201 Å². The van der Waals surface area contributed by atoms with Crippen molar-refractivity contribution < 1.29 is 9.90 Å². The Morgan fingerprint density at radius 1 is 1.16 bits per heavy atom. The average Bonchev–Trinajstić information content (AvgIpc) is 2.79. The maximum Gasteiger partial charge on any atom is 0.106 e. The van der Waals surface area contributed by atoms with Crippen LogP contribution < -0.4 is 0 Å². The largest absolute Gasteiger partial charge is 0.400 e. The second-order valence-corrected chi connectivity index (χ2v) is 9.08. The summed E-state index contributed by atoms with van der Waals surface area (Å²) in [6, 6.07) is 6.54. The van der Waals surface area contributed by atoms with Crippen LogP contribution in [0.25, 0.3) is 5.57 Å². The van der Waals surface area contributed by atoms with Crippen LogP contribution in [-0.4, -0.2) is 48.0 Å². The number of aliphatic hydroxyl groups excluding tert-OH is 1. The summed E-state index contributed by atoms with van der Waals surface area (Å²) >= 11 is 8.51. The van der Waals surface area contributed by atoms with Gasteiger partial charge in [-0.2, -0.15) is 11.8 Å². The van der Waals surface area contributed by atoms with Gasteiger partial charge in [-0.3, -0.25) is 0 Å². The molecule has 178 valence electrons. The molecule has 1 aromatic carbocycles. The van der Waals surface area contributed by atoms with Gasteiger partial charge >= 0.3 is 0 Å². The zero-order valence-corrected chi connectivity index (χ0v) is 22.3. The van der Waals surface area contributed by atoms with Crippen molar-refractivity contribution in [2.24, 2.45) is 0 Å². The van der Waals surface area contributed by atoms with Gasteiger partial charge in [0.2, 0.25) is 0 Å². The number of halogens is 1. The second kappa shape index (κ2) is 20.7. The van der Waals surface area contributed by atoms with Gasteiger partial charge in [-0.25, -0.2) is 0 Å². The molecule has 0 aliphatic carbocycles. The first-order chi connectivity index (χ1) is 15.0. The number of allylic oxidation sites excluding steroid dienone is 2. The molecule has 0 aliphatic rings. The highest BCUT2D eigenvalue weighted by molar-refractivity contribution is 8.00. The normalized spacial score (nSPS) is 12.3. The first-order valence-electron chi connectivity index (χ1n) is 11.2. The summed E-state index contributed by atoms with van der Waals surface area (Å²) in [5.74, 6) is 1.11. The fourth-order valence-corrected chi connectivity index (χ4v) is 4.36. The molecule has 31 heavy (non-hydrogen) atoms. The quantitative estimate of drug-likeness (QED) is 0.323. The summed E-state index contributed by atoms with van der Waals surface area (Å²) in [7, 11) is 1.00. The standard InChI is InChI=1S/C24H38ClNS.CH4O.CH2O/c1-7-11-16-26(17-12-8-2)23(13-9-3)24(20(6)27-10-4)21-15-14-19(5)22(25)18-21;2*1-2/h9,13-15,18,20H,7-8,10-12,16-17H2,1-6H3;2H,1H3;1H2/b13-9-,24-23-;;. The third-order valence-corrected chi connectivity index (χ3v) is 6.29. The number of carbonyl (C=O) groups excluding carboxylic acids is 1. The summed E-state index contributed by atoms with van der Waals surface area (Å²) in [6.45, 7) is 17.5. The second-order valence-electron chi connectivity index (χ2n) is 7.05. The van der Waals surface area contributed by atoms with Gasteiger partial charge in [-0.1, -0.05) is 63.4 Å². The topological polar surface area (TPSA) is 40.5 Å². The predicted octanol–water partition coefficient (Wildman–Crippen LogP) is 7.40. The summed E-state index contributed by atoms with van der Waals surface area (Å²) < 4.78 is 0. The van der Waals surface area contributed by atoms with Crippen LogP contribution in [0.3, 0.4) is 0 Å². The summed E-state index contributed by atoms with van der Waals surface area (Å²) in [5, 5.41) is 8.28. The van der Waals surface area contributed by atoms with Crippen LogP contribution in [0.15, 0.2) is 36.0 Å². The number of aryl methyl sites for hydroxylation is 1. The molecule has 0 saturated heterocycles. The Hall–Kier alpha value is -1.23. The minimum atomic E-state index is 0.422. The Morgan fingerprint density at radius 3 is 2.13 bits per heavy atom. The molecule has 1 unspecified atom stereocenters. The van der Waals surface area contributed by atoms with E-state index in [0.717, 1.165) is 36.5 Å². The molecule has 0 aliphatic heterocycles. The molecule has 0 fully saturated rings. The molecule has 0 radical (unpaired) electrons. The van der Waals surface area contributed by atoms with Crippen LogP contribution in [0, 0.1) is 6.92 Å². The number of nitrogens with zero attached hydrogens (tertiary/aromatic N) is 1. The summed E-state index contributed by atoms with van der Waals surface area (Å²) in [4.78, 5) is 10.6. The Morgan fingerprint density at radius 2 is 1.71 bits per heavy atom. The molecule has 0 heterocycles. The zero-order chi connectivity index (χ0) is 24.2. The lowest BCUT2D eigenvalue weighted by Gasteiger charge is -2.31. The van der Waals surface area contributed by atoms with E-state index in [9.17, 15) is 0 Å². The minimum Gasteiger partial charge on any atom is -0.400 e.